The molecule has 0 fully saturated rings. The Kier molecular flexibility index (Phi) is 15.7. The first-order valence-corrected chi connectivity index (χ1v) is 44.4. The van der Waals surface area contributed by atoms with Crippen molar-refractivity contribution in [3.8, 4) is 50.4 Å². The Balaban J connectivity index is 0.954. The Morgan fingerprint density at radius 3 is 1.03 bits per heavy atom. The first-order chi connectivity index (χ1) is 62.7. The van der Waals surface area contributed by atoms with Crippen molar-refractivity contribution in [1.29, 1.82) is 0 Å². The van der Waals surface area contributed by atoms with Gasteiger partial charge in [-0.25, -0.2) is 0 Å². The van der Waals surface area contributed by atoms with Crippen LogP contribution in [0.5, 0.6) is 0 Å². The molecule has 15 aromatic carbocycles. The highest BCUT2D eigenvalue weighted by Gasteiger charge is 2.47. The molecule has 4 aromatic heterocycles. The van der Waals surface area contributed by atoms with Crippen LogP contribution in [0, 0.1) is 0 Å². The number of hydrogen-bond donors (Lipinski definition) is 0. The molecule has 2 aliphatic heterocycles. The van der Waals surface area contributed by atoms with Crippen molar-refractivity contribution < 1.29 is 15.4 Å². The fourth-order valence-electron chi connectivity index (χ4n) is 19.8. The first kappa shape index (κ1) is 70.6. The first-order valence-electron chi connectivity index (χ1n) is 48.4. The van der Waals surface area contributed by atoms with E-state index >= 15 is 0 Å². The fraction of sp³-hybridized carbons (Fsp3) is 0.237. The summed E-state index contributed by atoms with van der Waals surface area (Å²) in [7, 11) is 0. The van der Waals surface area contributed by atoms with Gasteiger partial charge >= 0.3 is 0 Å². The van der Waals surface area contributed by atoms with Crippen LogP contribution in [0.15, 0.2) is 301 Å². The van der Waals surface area contributed by atoms with E-state index in [0.29, 0.717) is 11.3 Å². The van der Waals surface area contributed by atoms with Gasteiger partial charge in [0.1, 0.15) is 0 Å². The Morgan fingerprint density at radius 1 is 0.248 bits per heavy atom. The van der Waals surface area contributed by atoms with E-state index in [0.717, 1.165) is 150 Å². The van der Waals surface area contributed by atoms with E-state index in [1.165, 1.54) is 44.2 Å². The molecule has 0 N–H and O–H groups in total. The number of benzene rings is 15. The van der Waals surface area contributed by atoms with Crippen LogP contribution >= 0.6 is 0 Å². The van der Waals surface area contributed by atoms with Gasteiger partial charge in [0.05, 0.1) is 61.1 Å². The van der Waals surface area contributed by atoms with Gasteiger partial charge in [0.2, 0.25) is 0 Å². The molecule has 0 amide bonds. The van der Waals surface area contributed by atoms with Crippen molar-refractivity contribution in [3.05, 3.63) is 336 Å². The lowest BCUT2D eigenvalue weighted by Gasteiger charge is -2.45. The zero-order valence-electron chi connectivity index (χ0n) is 83.9. The molecule has 2 aliphatic rings. The summed E-state index contributed by atoms with van der Waals surface area (Å²) in [4.78, 5) is 5.01. The van der Waals surface area contributed by atoms with Gasteiger partial charge in [0, 0.05) is 88.3 Å². The summed E-state index contributed by atoms with van der Waals surface area (Å²) < 4.78 is 91.7. The fourth-order valence-corrected chi connectivity index (χ4v) is 19.8. The van der Waals surface area contributed by atoms with E-state index in [2.05, 4.69) is 407 Å². The van der Waals surface area contributed by atoms with E-state index in [4.69, 9.17) is 4.42 Å². The van der Waals surface area contributed by atoms with Gasteiger partial charge in [-0.2, -0.15) is 0 Å². The summed E-state index contributed by atoms with van der Waals surface area (Å²) in [5, 5.41) is 6.61. The highest BCUT2D eigenvalue weighted by molar-refractivity contribution is 7.00. The molecule has 618 valence electrons. The van der Waals surface area contributed by atoms with Crippen LogP contribution < -0.4 is 26.2 Å². The monoisotopic (exact) mass is 1630 g/mol. The Morgan fingerprint density at radius 2 is 0.608 bits per heavy atom. The van der Waals surface area contributed by atoms with E-state index in [9.17, 15) is 11.0 Å². The van der Waals surface area contributed by atoms with Crippen molar-refractivity contribution >= 4 is 145 Å². The van der Waals surface area contributed by atoms with Crippen LogP contribution in [-0.4, -0.2) is 20.4 Å². The number of hydrogen-bond acceptors (Lipinski definition) is 3. The normalized spacial score (nSPS) is 14.5. The summed E-state index contributed by atoms with van der Waals surface area (Å²) >= 11 is 0. The summed E-state index contributed by atoms with van der Waals surface area (Å²) in [5.74, 6) is 0. The third-order valence-electron chi connectivity index (χ3n) is 26.9. The largest absolute Gasteiger partial charge is 0.452 e. The van der Waals surface area contributed by atoms with Crippen molar-refractivity contribution in [2.24, 2.45) is 0 Å². The molecule has 0 saturated heterocycles. The SMILES string of the molecule is [2H]c1c([2H])c([2H])c2c(c1[2H])c1c([2H])c([2H])c([2H])c([2H])c1n2-c1ccc2c(c1)N(c1c(-c3ccccc3)cc(C(C)(C)C)cc1-c1ccccc1)c1cc(-c3cc(C(C)(C)C)cc(C(C)(C)C)c3)cc3c1B2c1ccc(-n2c4ccc(C(C)(C)C)cc4c4cc(C(C)(C)C)ccc42)cc1N3c1cccc2c1oc1c(-n3c4ccc(C(C)(C)C)cc4c4cc(C(C)(C)C)ccc43)cccc12. The van der Waals surface area contributed by atoms with Crippen molar-refractivity contribution in [1.82, 2.24) is 13.7 Å². The number of anilines is 6. The average Bonchev–Trinajstić information content (AvgIpc) is 1.67. The molecule has 21 rings (SSSR count). The highest BCUT2D eigenvalue weighted by atomic mass is 16.3. The third-order valence-corrected chi connectivity index (χ3v) is 26.9. The molecule has 6 nitrogen and oxygen atoms in total. The lowest BCUT2D eigenvalue weighted by atomic mass is 9.33. The molecule has 0 saturated carbocycles. The molecule has 0 bridgehead atoms. The molecule has 6 heterocycles. The molecule has 7 heteroatoms. The number of furan rings is 1. The maximum atomic E-state index is 10.1. The molecule has 0 atom stereocenters. The highest BCUT2D eigenvalue weighted by Crippen LogP contribution is 2.56. The topological polar surface area (TPSA) is 34.4 Å². The van der Waals surface area contributed by atoms with Crippen LogP contribution in [0.4, 0.5) is 34.1 Å². The van der Waals surface area contributed by atoms with Crippen LogP contribution in [0.25, 0.3) is 138 Å². The quantitative estimate of drug-likeness (QED) is 0.142. The van der Waals surface area contributed by atoms with Crippen molar-refractivity contribution in [2.75, 3.05) is 9.80 Å². The van der Waals surface area contributed by atoms with E-state index in [1.54, 1.807) is 4.57 Å². The Labute approximate surface area is 748 Å². The maximum Gasteiger partial charge on any atom is 0.252 e. The van der Waals surface area contributed by atoms with Gasteiger partial charge in [-0.1, -0.05) is 321 Å². The molecular formula is C118H112BN5O. The van der Waals surface area contributed by atoms with Crippen LogP contribution in [0.2, 0.25) is 0 Å². The molecule has 0 unspecified atom stereocenters. The van der Waals surface area contributed by atoms with E-state index in [-0.39, 0.29) is 71.8 Å². The van der Waals surface area contributed by atoms with Gasteiger partial charge in [-0.05, 0) is 237 Å². The molecule has 19 aromatic rings. The van der Waals surface area contributed by atoms with Crippen LogP contribution in [0.3, 0.4) is 0 Å². The third kappa shape index (κ3) is 12.8. The molecule has 0 spiro atoms. The number of rotatable bonds is 8. The van der Waals surface area contributed by atoms with Crippen molar-refractivity contribution in [2.45, 2.75) is 183 Å². The summed E-state index contributed by atoms with van der Waals surface area (Å²) in [6, 6.07) is 89.5. The lowest BCUT2D eigenvalue weighted by Crippen LogP contribution is -2.61. The maximum absolute atomic E-state index is 10.1. The van der Waals surface area contributed by atoms with Crippen molar-refractivity contribution in [3.63, 3.8) is 0 Å². The number of fused-ring (bicyclic) bond motifs is 16. The zero-order chi connectivity index (χ0) is 94.0. The van der Waals surface area contributed by atoms with Gasteiger partial charge in [-0.3, -0.25) is 0 Å². The standard InChI is InChI=1S/C118H112BN5O/c1-112(2,3)75-46-54-98-90(63-75)91-64-76(113(4,5)6)47-55-99(91)121(98)82-50-52-94-104(69-82)123(103-45-33-41-87-86-40-32-44-102(110(86)125-111(87)103)122-100-56-48-77(114(7,8)9)65-92(100)93-66-78(115(10,11)12)49-57-101(93)122)106-60-74(73-58-79(116(13,14)15)62-80(59-73)117(16,17)18)61-107-108(106)119(94)95-53-51-83(120-96-42-30-28-38-84(96)85-39-29-31-43-97(85)120)70-105(95)124(107)109-88(71-34-24-22-25-35-71)67-81(118(19,20)21)68-89(109)72-36-26-23-27-37-72/h22-70H,1-21H3/i28D,29D,30D,31D,38D,39D,42D,43D. The summed E-state index contributed by atoms with van der Waals surface area (Å²) in [6.07, 6.45) is 0. The minimum Gasteiger partial charge on any atom is -0.452 e. The smallest absolute Gasteiger partial charge is 0.252 e. The minimum atomic E-state index is -0.580. The second-order valence-electron chi connectivity index (χ2n) is 42.5. The number of nitrogens with zero attached hydrogens (tertiary/aromatic N) is 5. The van der Waals surface area contributed by atoms with Crippen LogP contribution in [0.1, 0.15) is 195 Å². The molecular weight excluding hydrogens is 1510 g/mol. The van der Waals surface area contributed by atoms with E-state index < -0.39 is 43.0 Å². The summed E-state index contributed by atoms with van der Waals surface area (Å²) in [6.45, 7) is 47.5. The Bertz CT molecular complexity index is 7910. The van der Waals surface area contributed by atoms with Gasteiger partial charge in [0.25, 0.3) is 6.71 Å². The second-order valence-corrected chi connectivity index (χ2v) is 42.5. The van der Waals surface area contributed by atoms with Crippen LogP contribution in [-0.2, 0) is 37.9 Å². The number of aromatic nitrogens is 3. The molecule has 0 aliphatic carbocycles. The van der Waals surface area contributed by atoms with Gasteiger partial charge in [0.15, 0.2) is 11.2 Å². The zero-order valence-corrected chi connectivity index (χ0v) is 75.9. The minimum absolute atomic E-state index is 0.00118. The Hall–Kier alpha value is -12.8. The second kappa shape index (κ2) is 27.8. The molecule has 125 heavy (non-hydrogen) atoms. The predicted octanol–water partition coefficient (Wildman–Crippen LogP) is 31.0. The predicted molar refractivity (Wildman–Crippen MR) is 538 cm³/mol. The molecule has 0 radical (unpaired) electrons. The summed E-state index contributed by atoms with van der Waals surface area (Å²) in [5.41, 5.74) is 28.9. The number of para-hydroxylation sites is 4. The lowest BCUT2D eigenvalue weighted by molar-refractivity contribution is 0.569. The van der Waals surface area contributed by atoms with Gasteiger partial charge in [-0.15, -0.1) is 0 Å². The average molecular weight is 1640 g/mol. The van der Waals surface area contributed by atoms with Gasteiger partial charge < -0.3 is 27.9 Å². The van der Waals surface area contributed by atoms with E-state index in [1.807, 2.05) is 6.07 Å².